The molecule has 4 amide bonds. The topological polar surface area (TPSA) is 263 Å². The Morgan fingerprint density at radius 3 is 2.00 bits per heavy atom. The number of rotatable bonds is 11. The molecule has 2 saturated heterocycles. The lowest BCUT2D eigenvalue weighted by molar-refractivity contribution is -0.148. The number of amides is 4. The Morgan fingerprint density at radius 2 is 1.50 bits per heavy atom. The van der Waals surface area contributed by atoms with Gasteiger partial charge in [0.1, 0.15) is 30.7 Å². The van der Waals surface area contributed by atoms with Gasteiger partial charge in [-0.05, 0) is 58.6 Å². The van der Waals surface area contributed by atoms with Crippen molar-refractivity contribution in [2.75, 3.05) is 19.6 Å². The van der Waals surface area contributed by atoms with E-state index in [1.165, 1.54) is 35.8 Å². The Morgan fingerprint density at radius 1 is 0.955 bits per heavy atom. The number of aryl methyl sites for hydroxylation is 1. The number of carboxylic acids is 1. The quantitative estimate of drug-likeness (QED) is 0.131. The first-order valence-corrected chi connectivity index (χ1v) is 15.6. The molecule has 44 heavy (non-hydrogen) atoms. The maximum atomic E-state index is 13.1. The zero-order chi connectivity index (χ0) is 33.4. The van der Waals surface area contributed by atoms with E-state index in [4.69, 9.17) is 16.6 Å². The molecule has 3 rings (SSSR count). The Labute approximate surface area is 255 Å². The summed E-state index contributed by atoms with van der Waals surface area (Å²) in [4.78, 5) is 62.8. The van der Waals surface area contributed by atoms with Gasteiger partial charge in [0, 0.05) is 13.1 Å². The molecular weight excluding hydrogens is 600 g/mol. The van der Waals surface area contributed by atoms with Gasteiger partial charge in [-0.3, -0.25) is 24.0 Å². The standard InChI is InChI=1S/C18H31N5O6.C9H11NO4S/c1-9(24)13(19)18(29)23-8-4-6-12(23)17(28)22-7-3-5-11(22)16(27)21-14(10(2)25)15(20)26;1-7-2-4-8(5-3-7)15(13,14)10-6-9(11)12/h9-14,24-25H,3-8,19H2,1-2H3,(H2,20,26)(H,21,27);2-5,10H,6H2,1H3,(H,11,12)/t9-,10-,11+,12+,13+,14-;/m1./s1. The molecule has 0 aliphatic carbocycles. The molecule has 2 aliphatic heterocycles. The van der Waals surface area contributed by atoms with Gasteiger partial charge in [-0.25, -0.2) is 8.42 Å². The Balaban J connectivity index is 0.000000378. The summed E-state index contributed by atoms with van der Waals surface area (Å²) < 4.78 is 24.9. The first-order valence-electron chi connectivity index (χ1n) is 14.1. The zero-order valence-electron chi connectivity index (χ0n) is 24.9. The van der Waals surface area contributed by atoms with Gasteiger partial charge in [-0.1, -0.05) is 17.7 Å². The molecule has 0 unspecified atom stereocenters. The van der Waals surface area contributed by atoms with Crippen molar-refractivity contribution in [2.45, 2.75) is 87.7 Å². The lowest BCUT2D eigenvalue weighted by atomic mass is 10.1. The predicted octanol–water partition coefficient (Wildman–Crippen LogP) is -2.61. The van der Waals surface area contributed by atoms with Crippen molar-refractivity contribution >= 4 is 39.6 Å². The van der Waals surface area contributed by atoms with Crippen LogP contribution in [0.25, 0.3) is 0 Å². The number of aliphatic hydroxyl groups is 2. The third-order valence-electron chi connectivity index (χ3n) is 7.30. The highest BCUT2D eigenvalue weighted by molar-refractivity contribution is 7.89. The normalized spacial score (nSPS) is 21.0. The summed E-state index contributed by atoms with van der Waals surface area (Å²) >= 11 is 0. The molecule has 2 fully saturated rings. The van der Waals surface area contributed by atoms with Crippen LogP contribution in [0.1, 0.15) is 45.1 Å². The van der Waals surface area contributed by atoms with Gasteiger partial charge in [0.25, 0.3) is 0 Å². The van der Waals surface area contributed by atoms with Gasteiger partial charge in [0.15, 0.2) is 0 Å². The number of nitrogens with one attached hydrogen (secondary N) is 2. The molecule has 1 aromatic carbocycles. The second-order valence-electron chi connectivity index (χ2n) is 10.8. The van der Waals surface area contributed by atoms with Gasteiger partial charge in [0.05, 0.1) is 17.1 Å². The first kappa shape index (κ1) is 36.6. The second kappa shape index (κ2) is 15.9. The van der Waals surface area contributed by atoms with Crippen molar-refractivity contribution in [3.63, 3.8) is 0 Å². The van der Waals surface area contributed by atoms with Crippen LogP contribution in [0.4, 0.5) is 0 Å². The first-order chi connectivity index (χ1) is 20.5. The lowest BCUT2D eigenvalue weighted by Gasteiger charge is -2.33. The molecule has 2 aliphatic rings. The molecule has 0 bridgehead atoms. The van der Waals surface area contributed by atoms with Crippen LogP contribution in [0.15, 0.2) is 29.2 Å². The molecule has 0 aromatic heterocycles. The number of aliphatic hydroxyl groups excluding tert-OH is 2. The summed E-state index contributed by atoms with van der Waals surface area (Å²) in [5, 5.41) is 30.0. The van der Waals surface area contributed by atoms with Crippen LogP contribution >= 0.6 is 0 Å². The highest BCUT2D eigenvalue weighted by Gasteiger charge is 2.44. The molecular formula is C27H42N6O10S. The average molecular weight is 643 g/mol. The lowest BCUT2D eigenvalue weighted by Crippen LogP contribution is -2.58. The van der Waals surface area contributed by atoms with Crippen LogP contribution in [0.3, 0.4) is 0 Å². The van der Waals surface area contributed by atoms with Crippen LogP contribution in [-0.4, -0.2) is 119 Å². The van der Waals surface area contributed by atoms with Crippen molar-refractivity contribution in [1.82, 2.24) is 19.8 Å². The molecule has 6 atom stereocenters. The molecule has 17 heteroatoms. The van der Waals surface area contributed by atoms with Gasteiger partial charge < -0.3 is 41.9 Å². The number of nitrogens with zero attached hydrogens (tertiary/aromatic N) is 2. The van der Waals surface area contributed by atoms with E-state index in [0.29, 0.717) is 38.8 Å². The van der Waals surface area contributed by atoms with Crippen LogP contribution in [0.5, 0.6) is 0 Å². The van der Waals surface area contributed by atoms with Crippen LogP contribution < -0.4 is 21.5 Å². The number of sulfonamides is 1. The largest absolute Gasteiger partial charge is 0.480 e. The number of hydrogen-bond donors (Lipinski definition) is 7. The molecule has 246 valence electrons. The minimum atomic E-state index is -3.70. The van der Waals surface area contributed by atoms with E-state index in [2.05, 4.69) is 5.32 Å². The minimum absolute atomic E-state index is 0.0642. The number of carboxylic acid groups (broad SMARTS) is 1. The van der Waals surface area contributed by atoms with Crippen molar-refractivity contribution < 1.29 is 47.7 Å². The summed E-state index contributed by atoms with van der Waals surface area (Å²) in [5.74, 6) is -3.52. The van der Waals surface area contributed by atoms with Crippen LogP contribution in [-0.2, 0) is 34.0 Å². The van der Waals surface area contributed by atoms with Gasteiger partial charge >= 0.3 is 5.97 Å². The van der Waals surface area contributed by atoms with Crippen molar-refractivity contribution in [3.05, 3.63) is 29.8 Å². The van der Waals surface area contributed by atoms with E-state index in [9.17, 15) is 42.6 Å². The second-order valence-corrected chi connectivity index (χ2v) is 12.6. The smallest absolute Gasteiger partial charge is 0.318 e. The molecule has 1 aromatic rings. The zero-order valence-corrected chi connectivity index (χ0v) is 25.7. The van der Waals surface area contributed by atoms with Crippen molar-refractivity contribution in [1.29, 1.82) is 0 Å². The summed E-state index contributed by atoms with van der Waals surface area (Å²) in [6.07, 6.45) is -0.170. The van der Waals surface area contributed by atoms with Gasteiger partial charge in [0.2, 0.25) is 33.7 Å². The Bertz CT molecular complexity index is 1300. The van der Waals surface area contributed by atoms with E-state index in [-0.39, 0.29) is 10.8 Å². The van der Waals surface area contributed by atoms with E-state index >= 15 is 0 Å². The predicted molar refractivity (Wildman–Crippen MR) is 156 cm³/mol. The SMILES string of the molecule is C[C@@H](O)[C@H](N)C(=O)N1CCC[C@H]1C(=O)N1CCC[C@H]1C(=O)N[C@@H](C(N)=O)[C@@H](C)O.Cc1ccc(S(=O)(=O)NCC(=O)O)cc1. The average Bonchev–Trinajstić information content (AvgIpc) is 3.64. The Kier molecular flexibility index (Phi) is 13.2. The van der Waals surface area contributed by atoms with E-state index in [0.717, 1.165) is 5.56 Å². The Hall–Kier alpha value is -3.64. The molecule has 0 spiro atoms. The summed E-state index contributed by atoms with van der Waals surface area (Å²) in [5.41, 5.74) is 11.9. The van der Waals surface area contributed by atoms with Crippen molar-refractivity contribution in [2.24, 2.45) is 11.5 Å². The maximum Gasteiger partial charge on any atom is 0.318 e. The third kappa shape index (κ3) is 9.68. The molecule has 9 N–H and O–H groups in total. The fourth-order valence-corrected chi connectivity index (χ4v) is 5.79. The highest BCUT2D eigenvalue weighted by Crippen LogP contribution is 2.26. The van der Waals surface area contributed by atoms with E-state index in [1.807, 2.05) is 11.6 Å². The number of hydrogen-bond acceptors (Lipinski definition) is 10. The fraction of sp³-hybridized carbons (Fsp3) is 0.593. The number of likely N-dealkylation sites (tertiary alicyclic amines) is 2. The number of carbonyl (C=O) groups is 5. The summed E-state index contributed by atoms with van der Waals surface area (Å²) in [6, 6.07) is 2.22. The number of carbonyl (C=O) groups excluding carboxylic acids is 4. The highest BCUT2D eigenvalue weighted by atomic mass is 32.2. The van der Waals surface area contributed by atoms with Crippen LogP contribution in [0.2, 0.25) is 0 Å². The maximum absolute atomic E-state index is 13.1. The molecule has 16 nitrogen and oxygen atoms in total. The molecule has 0 radical (unpaired) electrons. The number of nitrogens with two attached hydrogens (primary N) is 2. The molecule has 2 heterocycles. The van der Waals surface area contributed by atoms with E-state index in [1.54, 1.807) is 12.1 Å². The monoisotopic (exact) mass is 642 g/mol. The summed E-state index contributed by atoms with van der Waals surface area (Å²) in [7, 11) is -3.70. The number of aliphatic carboxylic acids is 1. The van der Waals surface area contributed by atoms with Gasteiger partial charge in [-0.2, -0.15) is 4.72 Å². The molecule has 0 saturated carbocycles. The number of benzene rings is 1. The minimum Gasteiger partial charge on any atom is -0.480 e. The van der Waals surface area contributed by atoms with Crippen LogP contribution in [0, 0.1) is 6.92 Å². The third-order valence-corrected chi connectivity index (χ3v) is 8.71. The number of primary amides is 1. The fourth-order valence-electron chi connectivity index (χ4n) is 4.82. The van der Waals surface area contributed by atoms with E-state index < -0.39 is 76.6 Å². The summed E-state index contributed by atoms with van der Waals surface area (Å²) in [6.45, 7) is 4.66. The van der Waals surface area contributed by atoms with Gasteiger partial charge in [-0.15, -0.1) is 0 Å². The van der Waals surface area contributed by atoms with Crippen molar-refractivity contribution in [3.8, 4) is 0 Å².